The maximum absolute atomic E-state index is 13.1. The number of hydrogen-bond donors (Lipinski definition) is 4. The van der Waals surface area contributed by atoms with E-state index in [-0.39, 0.29) is 5.91 Å². The summed E-state index contributed by atoms with van der Waals surface area (Å²) in [6.07, 6.45) is 1.71. The highest BCUT2D eigenvalue weighted by molar-refractivity contribution is 5.98. The third-order valence-electron chi connectivity index (χ3n) is 5.64. The highest BCUT2D eigenvalue weighted by atomic mass is 16.5. The fourth-order valence-corrected chi connectivity index (χ4v) is 3.65. The average Bonchev–Trinajstić information content (AvgIpc) is 2.91. The van der Waals surface area contributed by atoms with E-state index >= 15 is 0 Å². The Bertz CT molecular complexity index is 1120. The number of ether oxygens (including phenoxy) is 1. The molecule has 188 valence electrons. The Morgan fingerprint density at radius 2 is 1.44 bits per heavy atom. The summed E-state index contributed by atoms with van der Waals surface area (Å²) in [5.41, 5.74) is 13.2. The van der Waals surface area contributed by atoms with Gasteiger partial charge >= 0.3 is 0 Å². The molecule has 0 aliphatic rings. The summed E-state index contributed by atoms with van der Waals surface area (Å²) in [6.45, 7) is 0.880. The minimum absolute atomic E-state index is 0.374. The van der Waals surface area contributed by atoms with Crippen LogP contribution in [-0.2, 0) is 16.2 Å². The van der Waals surface area contributed by atoms with Gasteiger partial charge in [-0.15, -0.1) is 0 Å². The van der Waals surface area contributed by atoms with Gasteiger partial charge < -0.3 is 26.8 Å². The van der Waals surface area contributed by atoms with E-state index < -0.39 is 23.9 Å². The number of nitrogens with two attached hydrogens (primary N) is 2. The van der Waals surface area contributed by atoms with E-state index in [0.717, 1.165) is 5.56 Å². The normalized spacial score (nSPS) is 12.2. The van der Waals surface area contributed by atoms with Gasteiger partial charge in [0.15, 0.2) is 0 Å². The first-order chi connectivity index (χ1) is 17.5. The van der Waals surface area contributed by atoms with Crippen LogP contribution in [0.2, 0.25) is 0 Å². The largest absolute Gasteiger partial charge is 0.489 e. The Hall–Kier alpha value is -4.17. The summed E-state index contributed by atoms with van der Waals surface area (Å²) in [4.78, 5) is 38.0. The summed E-state index contributed by atoms with van der Waals surface area (Å²) in [7, 11) is 0. The monoisotopic (exact) mass is 488 g/mol. The van der Waals surface area contributed by atoms with Gasteiger partial charge in [0.2, 0.25) is 11.8 Å². The van der Waals surface area contributed by atoms with Crippen LogP contribution in [0.15, 0.2) is 84.9 Å². The molecule has 0 unspecified atom stereocenters. The van der Waals surface area contributed by atoms with E-state index in [0.29, 0.717) is 49.3 Å². The maximum Gasteiger partial charge on any atom is 0.251 e. The van der Waals surface area contributed by atoms with E-state index in [1.165, 1.54) is 0 Å². The lowest BCUT2D eigenvalue weighted by Gasteiger charge is -2.22. The van der Waals surface area contributed by atoms with Crippen molar-refractivity contribution < 1.29 is 19.1 Å². The van der Waals surface area contributed by atoms with Crippen molar-refractivity contribution in [1.82, 2.24) is 10.6 Å². The predicted molar refractivity (Wildman–Crippen MR) is 138 cm³/mol. The van der Waals surface area contributed by atoms with E-state index in [9.17, 15) is 14.4 Å². The fourth-order valence-electron chi connectivity index (χ4n) is 3.65. The molecule has 36 heavy (non-hydrogen) atoms. The Labute approximate surface area is 211 Å². The van der Waals surface area contributed by atoms with Crippen molar-refractivity contribution >= 4 is 17.7 Å². The molecule has 3 aromatic rings. The van der Waals surface area contributed by atoms with Gasteiger partial charge in [0, 0.05) is 5.56 Å². The quantitative estimate of drug-likeness (QED) is 0.274. The molecule has 8 heteroatoms. The lowest BCUT2D eigenvalue weighted by atomic mass is 10.0. The molecule has 0 spiro atoms. The van der Waals surface area contributed by atoms with Crippen LogP contribution >= 0.6 is 0 Å². The van der Waals surface area contributed by atoms with E-state index in [4.69, 9.17) is 16.2 Å². The Morgan fingerprint density at radius 1 is 0.806 bits per heavy atom. The first-order valence-electron chi connectivity index (χ1n) is 11.9. The average molecular weight is 489 g/mol. The minimum Gasteiger partial charge on any atom is -0.489 e. The number of benzene rings is 3. The van der Waals surface area contributed by atoms with Crippen molar-refractivity contribution in [3.63, 3.8) is 0 Å². The molecular formula is C28H32N4O4. The topological polar surface area (TPSA) is 137 Å². The number of hydrogen-bond acceptors (Lipinski definition) is 5. The second-order valence-corrected chi connectivity index (χ2v) is 8.36. The first kappa shape index (κ1) is 26.4. The lowest BCUT2D eigenvalue weighted by molar-refractivity contribution is -0.128. The molecule has 2 atom stereocenters. The third kappa shape index (κ3) is 7.95. The highest BCUT2D eigenvalue weighted by Crippen LogP contribution is 2.19. The number of primary amides is 1. The van der Waals surface area contributed by atoms with Crippen molar-refractivity contribution in [3.8, 4) is 5.75 Å². The van der Waals surface area contributed by atoms with Gasteiger partial charge in [-0.3, -0.25) is 14.4 Å². The molecule has 0 aliphatic carbocycles. The Morgan fingerprint density at radius 3 is 2.06 bits per heavy atom. The van der Waals surface area contributed by atoms with Crippen molar-refractivity contribution in [2.75, 3.05) is 6.54 Å². The molecule has 0 radical (unpaired) electrons. The van der Waals surface area contributed by atoms with Gasteiger partial charge in [0.1, 0.15) is 24.4 Å². The molecule has 0 saturated heterocycles. The van der Waals surface area contributed by atoms with Crippen LogP contribution in [0.1, 0.15) is 46.8 Å². The van der Waals surface area contributed by atoms with Crippen molar-refractivity contribution in [3.05, 3.63) is 102 Å². The maximum atomic E-state index is 13.1. The number of rotatable bonds is 13. The van der Waals surface area contributed by atoms with Crippen molar-refractivity contribution in [2.24, 2.45) is 11.5 Å². The zero-order chi connectivity index (χ0) is 25.8. The first-order valence-corrected chi connectivity index (χ1v) is 11.9. The number of carbonyl (C=O) groups is 3. The molecule has 8 nitrogen and oxygen atoms in total. The molecule has 0 fully saturated rings. The second kappa shape index (κ2) is 13.7. The molecule has 0 heterocycles. The smallest absolute Gasteiger partial charge is 0.251 e. The third-order valence-corrected chi connectivity index (χ3v) is 5.64. The van der Waals surface area contributed by atoms with Gasteiger partial charge in [-0.25, -0.2) is 0 Å². The summed E-state index contributed by atoms with van der Waals surface area (Å²) in [5.74, 6) is -0.966. The van der Waals surface area contributed by atoms with Crippen LogP contribution < -0.4 is 26.8 Å². The minimum atomic E-state index is -1.06. The van der Waals surface area contributed by atoms with Crippen LogP contribution in [0.25, 0.3) is 0 Å². The molecule has 0 aliphatic heterocycles. The molecule has 3 amide bonds. The number of nitrogens with one attached hydrogen (secondary N) is 2. The standard InChI is InChI=1S/C28H32N4O4/c29-18-8-7-13-24(31-27(34)22-11-5-2-6-12-22)28(35)32-25(26(30)33)21-14-16-23(17-15-21)36-19-20-9-3-1-4-10-20/h1-6,9-12,14-17,24-25H,7-8,13,18-19,29H2,(H2,30,33)(H,31,34)(H,32,35)/t24-,25+/m0/s1. The van der Waals surface area contributed by atoms with Crippen molar-refractivity contribution in [1.29, 1.82) is 0 Å². The van der Waals surface area contributed by atoms with E-state index in [1.54, 1.807) is 54.6 Å². The molecule has 0 bridgehead atoms. The van der Waals surface area contributed by atoms with E-state index in [2.05, 4.69) is 10.6 Å². The van der Waals surface area contributed by atoms with Gasteiger partial charge in [0.25, 0.3) is 5.91 Å². The fraction of sp³-hybridized carbons (Fsp3) is 0.250. The molecule has 3 aromatic carbocycles. The summed E-state index contributed by atoms with van der Waals surface area (Å²) in [5, 5.41) is 5.46. The van der Waals surface area contributed by atoms with Gasteiger partial charge in [-0.05, 0) is 61.2 Å². The van der Waals surface area contributed by atoms with E-state index in [1.807, 2.05) is 30.3 Å². The SMILES string of the molecule is NCCCC[C@H](NC(=O)c1ccccc1)C(=O)N[C@@H](C(N)=O)c1ccc(OCc2ccccc2)cc1. The van der Waals surface area contributed by atoms with Gasteiger partial charge in [-0.1, -0.05) is 60.7 Å². The summed E-state index contributed by atoms with van der Waals surface area (Å²) >= 11 is 0. The number of unbranched alkanes of at least 4 members (excludes halogenated alkanes) is 1. The highest BCUT2D eigenvalue weighted by Gasteiger charge is 2.27. The summed E-state index contributed by atoms with van der Waals surface area (Å²) in [6, 6.07) is 23.3. The second-order valence-electron chi connectivity index (χ2n) is 8.36. The van der Waals surface area contributed by atoms with Crippen LogP contribution in [-0.4, -0.2) is 30.3 Å². The van der Waals surface area contributed by atoms with Crippen LogP contribution in [0.4, 0.5) is 0 Å². The predicted octanol–water partition coefficient (Wildman–Crippen LogP) is 2.84. The Kier molecular flexibility index (Phi) is 10.0. The molecular weight excluding hydrogens is 456 g/mol. The van der Waals surface area contributed by atoms with Crippen molar-refractivity contribution in [2.45, 2.75) is 38.0 Å². The number of amides is 3. The molecule has 0 aromatic heterocycles. The molecule has 3 rings (SSSR count). The van der Waals surface area contributed by atoms with Crippen LogP contribution in [0.3, 0.4) is 0 Å². The van der Waals surface area contributed by atoms with Gasteiger partial charge in [-0.2, -0.15) is 0 Å². The van der Waals surface area contributed by atoms with Gasteiger partial charge in [0.05, 0.1) is 0 Å². The van der Waals surface area contributed by atoms with Crippen LogP contribution in [0.5, 0.6) is 5.75 Å². The number of carbonyl (C=O) groups excluding carboxylic acids is 3. The lowest BCUT2D eigenvalue weighted by Crippen LogP contribution is -2.49. The Balaban J connectivity index is 1.67. The zero-order valence-corrected chi connectivity index (χ0v) is 20.1. The van der Waals surface area contributed by atoms with Crippen LogP contribution in [0, 0.1) is 0 Å². The zero-order valence-electron chi connectivity index (χ0n) is 20.1. The molecule has 0 saturated carbocycles. The molecule has 6 N–H and O–H groups in total. The summed E-state index contributed by atoms with van der Waals surface area (Å²) < 4.78 is 5.79.